The lowest BCUT2D eigenvalue weighted by Gasteiger charge is -2.16. The monoisotopic (exact) mass is 258 g/mol. The fourth-order valence-electron chi connectivity index (χ4n) is 0.701. The average molecular weight is 258 g/mol. The quantitative estimate of drug-likeness (QED) is 0.615. The molecule has 1 aliphatic heterocycles. The molecule has 1 amide bonds. The Bertz CT molecular complexity index is 478. The smallest absolute Gasteiger partial charge is 0.518 e. The van der Waals surface area contributed by atoms with Crippen LogP contribution in [0.15, 0.2) is 9.39 Å². The lowest BCUT2D eigenvalue weighted by atomic mass is 10.4. The summed E-state index contributed by atoms with van der Waals surface area (Å²) in [6, 6.07) is 0. The van der Waals surface area contributed by atoms with Crippen molar-refractivity contribution in [2.24, 2.45) is 9.39 Å². The van der Waals surface area contributed by atoms with E-state index in [1.807, 2.05) is 0 Å². The molecular formula is C5H3F3N3O4S-. The molecule has 1 heterocycles. The minimum atomic E-state index is -5.82. The molecule has 0 saturated heterocycles. The van der Waals surface area contributed by atoms with Crippen molar-refractivity contribution >= 4 is 27.8 Å². The molecule has 1 aliphatic rings. The first kappa shape index (κ1) is 12.4. The lowest BCUT2D eigenvalue weighted by Crippen LogP contribution is -2.41. The summed E-state index contributed by atoms with van der Waals surface area (Å²) in [5, 5.41) is 12.3. The first-order chi connectivity index (χ1) is 7.12. The molecule has 0 aromatic carbocycles. The van der Waals surface area contributed by atoms with E-state index in [4.69, 9.17) is 0 Å². The molecule has 0 spiro atoms. The number of nitrogens with one attached hydrogen (secondary N) is 1. The molecule has 90 valence electrons. The second-order valence-electron chi connectivity index (χ2n) is 2.57. The van der Waals surface area contributed by atoms with Gasteiger partial charge in [-0.2, -0.15) is 21.6 Å². The van der Waals surface area contributed by atoms with Crippen molar-refractivity contribution in [1.29, 1.82) is 0 Å². The van der Waals surface area contributed by atoms with Gasteiger partial charge in [0, 0.05) is 0 Å². The fourth-order valence-corrected chi connectivity index (χ4v) is 1.12. The maximum atomic E-state index is 11.8. The van der Waals surface area contributed by atoms with E-state index in [9.17, 15) is 31.5 Å². The van der Waals surface area contributed by atoms with Crippen molar-refractivity contribution in [2.75, 3.05) is 0 Å². The molecule has 0 radical (unpaired) electrons. The van der Waals surface area contributed by atoms with Crippen LogP contribution in [0.5, 0.6) is 0 Å². The Hall–Kier alpha value is -1.65. The van der Waals surface area contributed by atoms with E-state index in [1.165, 1.54) is 0 Å². The molecule has 0 fully saturated rings. The number of halogens is 3. The molecule has 0 aromatic heterocycles. The molecule has 1 N–H and O–H groups in total. The van der Waals surface area contributed by atoms with E-state index in [0.29, 0.717) is 0 Å². The molecule has 0 saturated carbocycles. The molecule has 0 atom stereocenters. The number of rotatable bonds is 1. The van der Waals surface area contributed by atoms with Crippen molar-refractivity contribution in [3.8, 4) is 0 Å². The number of alkyl halides is 3. The summed E-state index contributed by atoms with van der Waals surface area (Å²) in [7, 11) is -5.82. The number of sulfonamides is 1. The maximum absolute atomic E-state index is 11.8. The zero-order valence-corrected chi connectivity index (χ0v) is 8.09. The van der Waals surface area contributed by atoms with Crippen molar-refractivity contribution in [3.05, 3.63) is 0 Å². The number of guanidine groups is 1. The van der Waals surface area contributed by atoms with Gasteiger partial charge >= 0.3 is 15.5 Å². The number of aliphatic imine (C=N–C) groups is 1. The Kier molecular flexibility index (Phi) is 2.90. The Morgan fingerprint density at radius 3 is 2.44 bits per heavy atom. The van der Waals surface area contributed by atoms with Crippen LogP contribution in [0.3, 0.4) is 0 Å². The Balaban J connectivity index is 3.12. The number of hydrogen-bond acceptors (Lipinski definition) is 4. The third-order valence-corrected chi connectivity index (χ3v) is 2.29. The molecule has 11 heteroatoms. The van der Waals surface area contributed by atoms with Crippen molar-refractivity contribution in [2.45, 2.75) is 11.9 Å². The van der Waals surface area contributed by atoms with E-state index in [2.05, 4.69) is 9.39 Å². The largest absolute Gasteiger partial charge is 0.861 e. The van der Waals surface area contributed by atoms with Crippen molar-refractivity contribution < 1.29 is 31.5 Å². The van der Waals surface area contributed by atoms with Gasteiger partial charge < -0.3 is 5.11 Å². The first-order valence-electron chi connectivity index (χ1n) is 3.57. The fraction of sp³-hybridized carbons (Fsp3) is 0.400. The predicted molar refractivity (Wildman–Crippen MR) is 42.6 cm³/mol. The third-order valence-electron chi connectivity index (χ3n) is 1.29. The van der Waals surface area contributed by atoms with Gasteiger partial charge in [-0.15, -0.1) is 4.40 Å². The zero-order chi connectivity index (χ0) is 12.6. The minimum absolute atomic E-state index is 0.662. The number of carbonyl (C=O) groups is 1. The highest BCUT2D eigenvalue weighted by Crippen LogP contribution is 2.24. The average Bonchev–Trinajstić information content (AvgIpc) is 1.97. The van der Waals surface area contributed by atoms with Gasteiger partial charge in [0.05, 0.1) is 6.42 Å². The van der Waals surface area contributed by atoms with Crippen LogP contribution in [0.4, 0.5) is 13.2 Å². The SMILES string of the molecule is O=C1CC([O-])=NC(=NS(=O)(=O)C(F)(F)F)N1. The van der Waals surface area contributed by atoms with Gasteiger partial charge in [-0.3, -0.25) is 10.1 Å². The summed E-state index contributed by atoms with van der Waals surface area (Å²) in [5.41, 5.74) is -5.61. The summed E-state index contributed by atoms with van der Waals surface area (Å²) in [6.45, 7) is 0. The highest BCUT2D eigenvalue weighted by atomic mass is 32.2. The van der Waals surface area contributed by atoms with Crippen LogP contribution in [0.25, 0.3) is 0 Å². The third kappa shape index (κ3) is 2.68. The highest BCUT2D eigenvalue weighted by Gasteiger charge is 2.46. The Morgan fingerprint density at radius 1 is 1.44 bits per heavy atom. The van der Waals surface area contributed by atoms with Gasteiger partial charge in [-0.05, 0) is 5.90 Å². The summed E-state index contributed by atoms with van der Waals surface area (Å²) < 4.78 is 58.7. The predicted octanol–water partition coefficient (Wildman–Crippen LogP) is -1.53. The van der Waals surface area contributed by atoms with Gasteiger partial charge in [-0.1, -0.05) is 0 Å². The Labute approximate surface area is 86.7 Å². The van der Waals surface area contributed by atoms with Crippen LogP contribution in [0.1, 0.15) is 6.42 Å². The van der Waals surface area contributed by atoms with E-state index < -0.39 is 39.7 Å². The second-order valence-corrected chi connectivity index (χ2v) is 4.16. The molecule has 0 bridgehead atoms. The van der Waals surface area contributed by atoms with E-state index >= 15 is 0 Å². The summed E-state index contributed by atoms with van der Waals surface area (Å²) in [4.78, 5) is 13.5. The summed E-state index contributed by atoms with van der Waals surface area (Å²) >= 11 is 0. The van der Waals surface area contributed by atoms with Gasteiger partial charge in [0.1, 0.15) is 0 Å². The van der Waals surface area contributed by atoms with E-state index in [1.54, 1.807) is 5.32 Å². The number of amides is 1. The summed E-state index contributed by atoms with van der Waals surface area (Å²) in [6.07, 6.45) is -0.662. The van der Waals surface area contributed by atoms with E-state index in [-0.39, 0.29) is 0 Å². The molecule has 7 nitrogen and oxygen atoms in total. The second kappa shape index (κ2) is 3.73. The lowest BCUT2D eigenvalue weighted by molar-refractivity contribution is -0.218. The summed E-state index contributed by atoms with van der Waals surface area (Å²) in [5.74, 6) is -3.23. The highest BCUT2D eigenvalue weighted by molar-refractivity contribution is 7.91. The molecule has 0 unspecified atom stereocenters. The standard InChI is InChI=1S/C5H4F3N3O4S/c6-5(7,8)16(14,15)11-4-9-2(12)1-3(13)10-4/h1H2,(H2,9,10,11,12,13)/p-1. The minimum Gasteiger partial charge on any atom is -0.861 e. The molecule has 16 heavy (non-hydrogen) atoms. The topological polar surface area (TPSA) is 111 Å². The molecule has 0 aliphatic carbocycles. The van der Waals surface area contributed by atoms with Crippen LogP contribution in [0, 0.1) is 0 Å². The number of nitrogens with zero attached hydrogens (tertiary/aromatic N) is 2. The van der Waals surface area contributed by atoms with Crippen LogP contribution >= 0.6 is 0 Å². The van der Waals surface area contributed by atoms with Gasteiger partial charge in [0.15, 0.2) is 0 Å². The maximum Gasteiger partial charge on any atom is 0.518 e. The zero-order valence-electron chi connectivity index (χ0n) is 7.28. The van der Waals surface area contributed by atoms with Crippen molar-refractivity contribution in [1.82, 2.24) is 5.32 Å². The number of hydrogen-bond donors (Lipinski definition) is 1. The number of carbonyl (C=O) groups excluding carboxylic acids is 1. The van der Waals surface area contributed by atoms with Gasteiger partial charge in [0.25, 0.3) is 0 Å². The van der Waals surface area contributed by atoms with Gasteiger partial charge in [-0.25, -0.2) is 4.99 Å². The van der Waals surface area contributed by atoms with Gasteiger partial charge in [0.2, 0.25) is 11.9 Å². The van der Waals surface area contributed by atoms with Crippen molar-refractivity contribution in [3.63, 3.8) is 0 Å². The Morgan fingerprint density at radius 2 is 2.00 bits per heavy atom. The first-order valence-corrected chi connectivity index (χ1v) is 5.01. The van der Waals surface area contributed by atoms with Crippen LogP contribution in [-0.2, 0) is 14.8 Å². The van der Waals surface area contributed by atoms with E-state index in [0.717, 1.165) is 0 Å². The molecule has 1 rings (SSSR count). The normalized spacial score (nSPS) is 20.6. The molecular weight excluding hydrogens is 255 g/mol. The van der Waals surface area contributed by atoms with Crippen LogP contribution in [-0.4, -0.2) is 31.7 Å². The van der Waals surface area contributed by atoms with Crippen LogP contribution in [0.2, 0.25) is 0 Å². The van der Waals surface area contributed by atoms with Crippen LogP contribution < -0.4 is 10.4 Å². The molecule has 0 aromatic rings.